The number of nitrogens with zero attached hydrogens (tertiary/aromatic N) is 4. The Kier molecular flexibility index (Phi) is 6.75. The summed E-state index contributed by atoms with van der Waals surface area (Å²) in [5.41, 5.74) is 4.88. The van der Waals surface area contributed by atoms with Gasteiger partial charge in [0.05, 0.1) is 5.69 Å². The molecule has 0 saturated heterocycles. The molecule has 0 N–H and O–H groups in total. The molecule has 0 unspecified atom stereocenters. The van der Waals surface area contributed by atoms with E-state index in [2.05, 4.69) is 47.2 Å². The van der Waals surface area contributed by atoms with Crippen LogP contribution in [0.1, 0.15) is 34.3 Å². The number of thioether (sulfide) groups is 1. The summed E-state index contributed by atoms with van der Waals surface area (Å²) in [6, 6.07) is 15.8. The number of halogens is 1. The van der Waals surface area contributed by atoms with Gasteiger partial charge in [-0.25, -0.2) is 4.39 Å². The number of Topliss-reactive ketones (excluding diaryl/α,β-unsaturated/α-hetero) is 1. The summed E-state index contributed by atoms with van der Waals surface area (Å²) in [6.07, 6.45) is 4.56. The number of aromatic nitrogens is 4. The van der Waals surface area contributed by atoms with Crippen molar-refractivity contribution in [3.05, 3.63) is 89.5 Å². The monoisotopic (exact) mass is 446 g/mol. The van der Waals surface area contributed by atoms with Crippen molar-refractivity contribution in [3.8, 4) is 17.1 Å². The Labute approximate surface area is 190 Å². The van der Waals surface area contributed by atoms with Gasteiger partial charge >= 0.3 is 0 Å². The summed E-state index contributed by atoms with van der Waals surface area (Å²) < 4.78 is 15.1. The fourth-order valence-corrected chi connectivity index (χ4v) is 4.22. The van der Waals surface area contributed by atoms with Gasteiger partial charge < -0.3 is 0 Å². The molecule has 2 aromatic carbocycles. The van der Waals surface area contributed by atoms with Crippen LogP contribution in [-0.2, 0) is 0 Å². The van der Waals surface area contributed by atoms with E-state index in [4.69, 9.17) is 0 Å². The topological polar surface area (TPSA) is 60.7 Å². The second-order valence-electron chi connectivity index (χ2n) is 7.53. The zero-order valence-corrected chi connectivity index (χ0v) is 18.8. The zero-order valence-electron chi connectivity index (χ0n) is 18.0. The maximum absolute atomic E-state index is 13.1. The molecule has 32 heavy (non-hydrogen) atoms. The molecule has 0 fully saturated rings. The summed E-state index contributed by atoms with van der Waals surface area (Å²) in [5.74, 6) is 1.14. The number of rotatable bonds is 8. The molecule has 2 heterocycles. The van der Waals surface area contributed by atoms with E-state index in [-0.39, 0.29) is 11.6 Å². The number of aryl methyl sites for hydroxylation is 2. The summed E-state index contributed by atoms with van der Waals surface area (Å²) in [6.45, 7) is 4.17. The van der Waals surface area contributed by atoms with Crippen LogP contribution in [0.5, 0.6) is 0 Å². The van der Waals surface area contributed by atoms with E-state index < -0.39 is 0 Å². The van der Waals surface area contributed by atoms with Crippen LogP contribution in [0.3, 0.4) is 0 Å². The lowest BCUT2D eigenvalue weighted by Crippen LogP contribution is -2.02. The molecule has 162 valence electrons. The largest absolute Gasteiger partial charge is 0.294 e. The van der Waals surface area contributed by atoms with Gasteiger partial charge in [-0.1, -0.05) is 17.8 Å². The maximum atomic E-state index is 13.1. The first-order valence-corrected chi connectivity index (χ1v) is 11.4. The number of carbonyl (C=O) groups is 1. The Morgan fingerprint density at radius 3 is 2.44 bits per heavy atom. The molecule has 0 aliphatic carbocycles. The second-order valence-corrected chi connectivity index (χ2v) is 8.59. The van der Waals surface area contributed by atoms with Gasteiger partial charge in [-0.15, -0.1) is 10.2 Å². The van der Waals surface area contributed by atoms with Crippen LogP contribution in [0.4, 0.5) is 4.39 Å². The number of carbonyl (C=O) groups excluding carboxylic acids is 1. The van der Waals surface area contributed by atoms with Crippen molar-refractivity contribution in [1.82, 2.24) is 19.7 Å². The minimum absolute atomic E-state index is 0.0127. The predicted molar refractivity (Wildman–Crippen MR) is 125 cm³/mol. The molecule has 0 bridgehead atoms. The molecular weight excluding hydrogens is 423 g/mol. The summed E-state index contributed by atoms with van der Waals surface area (Å²) in [7, 11) is 0. The smallest absolute Gasteiger partial charge is 0.196 e. The summed E-state index contributed by atoms with van der Waals surface area (Å²) >= 11 is 1.57. The predicted octanol–water partition coefficient (Wildman–Crippen LogP) is 5.84. The van der Waals surface area contributed by atoms with E-state index in [9.17, 15) is 9.18 Å². The van der Waals surface area contributed by atoms with Gasteiger partial charge in [0.15, 0.2) is 16.8 Å². The molecule has 0 aliphatic rings. The molecule has 0 amide bonds. The third-order valence-corrected chi connectivity index (χ3v) is 6.28. The summed E-state index contributed by atoms with van der Waals surface area (Å²) in [4.78, 5) is 16.4. The normalized spacial score (nSPS) is 11.0. The number of hydrogen-bond donors (Lipinski definition) is 0. The molecule has 0 atom stereocenters. The fourth-order valence-electron chi connectivity index (χ4n) is 3.33. The van der Waals surface area contributed by atoms with E-state index in [1.54, 1.807) is 24.2 Å². The summed E-state index contributed by atoms with van der Waals surface area (Å²) in [5, 5.41) is 9.65. The van der Waals surface area contributed by atoms with Crippen LogP contribution in [0, 0.1) is 19.7 Å². The molecule has 7 heteroatoms. The van der Waals surface area contributed by atoms with Crippen LogP contribution >= 0.6 is 11.8 Å². The Hall–Kier alpha value is -3.32. The minimum atomic E-state index is -0.340. The quantitative estimate of drug-likeness (QED) is 0.193. The number of pyridine rings is 1. The molecule has 0 radical (unpaired) electrons. The first-order chi connectivity index (χ1) is 15.5. The minimum Gasteiger partial charge on any atom is -0.294 e. The van der Waals surface area contributed by atoms with Gasteiger partial charge in [-0.2, -0.15) is 0 Å². The van der Waals surface area contributed by atoms with Crippen LogP contribution < -0.4 is 0 Å². The van der Waals surface area contributed by atoms with Crippen LogP contribution in [0.2, 0.25) is 0 Å². The SMILES string of the molecule is Cc1ccc(-n2c(SCCCC(=O)c3ccc(F)cc3)nnc2-c2ccncc2)cc1C. The Morgan fingerprint density at radius 1 is 0.969 bits per heavy atom. The van der Waals surface area contributed by atoms with Gasteiger partial charge in [0.2, 0.25) is 0 Å². The number of benzene rings is 2. The molecule has 0 spiro atoms. The molecule has 4 aromatic rings. The van der Waals surface area contributed by atoms with Crippen LogP contribution in [-0.4, -0.2) is 31.3 Å². The van der Waals surface area contributed by atoms with Crippen LogP contribution in [0.15, 0.2) is 72.1 Å². The van der Waals surface area contributed by atoms with Gasteiger partial charge in [0, 0.05) is 35.7 Å². The highest BCUT2D eigenvalue weighted by Gasteiger charge is 2.17. The van der Waals surface area contributed by atoms with E-state index in [1.165, 1.54) is 35.4 Å². The third kappa shape index (κ3) is 4.94. The van der Waals surface area contributed by atoms with Crippen molar-refractivity contribution >= 4 is 17.5 Å². The first-order valence-electron chi connectivity index (χ1n) is 10.4. The Morgan fingerprint density at radius 2 is 1.72 bits per heavy atom. The highest BCUT2D eigenvalue weighted by atomic mass is 32.2. The van der Waals surface area contributed by atoms with Crippen molar-refractivity contribution < 1.29 is 9.18 Å². The molecule has 2 aromatic heterocycles. The van der Waals surface area contributed by atoms with E-state index in [0.717, 1.165) is 22.2 Å². The van der Waals surface area contributed by atoms with E-state index >= 15 is 0 Å². The van der Waals surface area contributed by atoms with Gasteiger partial charge in [-0.05, 0) is 79.9 Å². The molecule has 4 rings (SSSR count). The van der Waals surface area contributed by atoms with Crippen molar-refractivity contribution in [2.75, 3.05) is 5.75 Å². The first kappa shape index (κ1) is 21.9. The van der Waals surface area contributed by atoms with E-state index in [0.29, 0.717) is 24.2 Å². The zero-order chi connectivity index (χ0) is 22.5. The van der Waals surface area contributed by atoms with Crippen molar-refractivity contribution in [3.63, 3.8) is 0 Å². The van der Waals surface area contributed by atoms with Gasteiger partial charge in [0.25, 0.3) is 0 Å². The molecular formula is C25H23FN4OS. The molecule has 0 saturated carbocycles. The van der Waals surface area contributed by atoms with Crippen LogP contribution in [0.25, 0.3) is 17.1 Å². The van der Waals surface area contributed by atoms with Gasteiger partial charge in [0.1, 0.15) is 5.82 Å². The molecule has 5 nitrogen and oxygen atoms in total. The lowest BCUT2D eigenvalue weighted by Gasteiger charge is -2.12. The Balaban J connectivity index is 1.52. The number of hydrogen-bond acceptors (Lipinski definition) is 5. The highest BCUT2D eigenvalue weighted by molar-refractivity contribution is 7.99. The average molecular weight is 447 g/mol. The molecule has 0 aliphatic heterocycles. The third-order valence-electron chi connectivity index (χ3n) is 5.27. The number of ketones is 1. The Bertz CT molecular complexity index is 1220. The second kappa shape index (κ2) is 9.87. The maximum Gasteiger partial charge on any atom is 0.196 e. The lowest BCUT2D eigenvalue weighted by molar-refractivity contribution is 0.0982. The van der Waals surface area contributed by atoms with Crippen molar-refractivity contribution in [2.24, 2.45) is 0 Å². The van der Waals surface area contributed by atoms with Gasteiger partial charge in [-0.3, -0.25) is 14.3 Å². The highest BCUT2D eigenvalue weighted by Crippen LogP contribution is 2.29. The average Bonchev–Trinajstić information content (AvgIpc) is 3.23. The fraction of sp³-hybridized carbons (Fsp3) is 0.200. The van der Waals surface area contributed by atoms with Crippen molar-refractivity contribution in [2.45, 2.75) is 31.8 Å². The van der Waals surface area contributed by atoms with Crippen molar-refractivity contribution in [1.29, 1.82) is 0 Å². The standard InChI is InChI=1S/C25H23FN4OS/c1-17-5-10-22(16-18(17)2)30-24(20-11-13-27-14-12-20)28-29-25(30)32-15-3-4-23(31)19-6-8-21(26)9-7-19/h5-14,16H,3-4,15H2,1-2H3. The lowest BCUT2D eigenvalue weighted by atomic mass is 10.1. The van der Waals surface area contributed by atoms with E-state index in [1.807, 2.05) is 16.7 Å².